The Morgan fingerprint density at radius 1 is 0.893 bits per heavy atom. The molecule has 3 aromatic rings. The minimum atomic E-state index is -0.428. The van der Waals surface area contributed by atoms with E-state index in [1.807, 2.05) is 60.7 Å². The quantitative estimate of drug-likeness (QED) is 0.598. The molecule has 0 saturated carbocycles. The van der Waals surface area contributed by atoms with E-state index in [-0.39, 0.29) is 31.2 Å². The summed E-state index contributed by atoms with van der Waals surface area (Å²) in [6.45, 7) is 0.586. The maximum Gasteiger partial charge on any atom is 0.273 e. The van der Waals surface area contributed by atoms with E-state index < -0.39 is 5.91 Å². The zero-order valence-corrected chi connectivity index (χ0v) is 15.4. The molecule has 1 heterocycles. The van der Waals surface area contributed by atoms with E-state index in [2.05, 4.69) is 10.3 Å². The third-order valence-corrected chi connectivity index (χ3v) is 3.94. The molecule has 0 spiro atoms. The Balaban J connectivity index is 1.83. The van der Waals surface area contributed by atoms with Gasteiger partial charge in [-0.3, -0.25) is 4.79 Å². The summed E-state index contributed by atoms with van der Waals surface area (Å²) in [7, 11) is 0. The molecule has 28 heavy (non-hydrogen) atoms. The molecule has 0 unspecified atom stereocenters. The van der Waals surface area contributed by atoms with Crippen LogP contribution in [-0.4, -0.2) is 29.1 Å². The lowest BCUT2D eigenvalue weighted by Crippen LogP contribution is -2.27. The molecule has 3 rings (SSSR count). The van der Waals surface area contributed by atoms with Crippen molar-refractivity contribution in [3.63, 3.8) is 0 Å². The van der Waals surface area contributed by atoms with Crippen molar-refractivity contribution in [2.24, 2.45) is 0 Å². The van der Waals surface area contributed by atoms with E-state index in [9.17, 15) is 4.79 Å². The first-order chi connectivity index (χ1) is 13.8. The molecule has 0 radical (unpaired) electrons. The van der Waals surface area contributed by atoms with E-state index in [1.165, 1.54) is 6.20 Å². The smallest absolute Gasteiger partial charge is 0.273 e. The molecule has 0 bridgehead atoms. The van der Waals surface area contributed by atoms with Crippen molar-refractivity contribution in [2.45, 2.75) is 13.2 Å². The van der Waals surface area contributed by atoms with E-state index in [1.54, 1.807) is 6.07 Å². The van der Waals surface area contributed by atoms with E-state index in [0.29, 0.717) is 12.4 Å². The number of hydrogen-bond donors (Lipinski definition) is 2. The number of amides is 1. The fraction of sp³-hybridized carbons (Fsp3) is 0.182. The second-order valence-electron chi connectivity index (χ2n) is 6.01. The van der Waals surface area contributed by atoms with E-state index in [4.69, 9.17) is 14.6 Å². The Kier molecular flexibility index (Phi) is 6.98. The number of aromatic nitrogens is 1. The molecule has 6 heteroatoms. The Bertz CT molecular complexity index is 886. The van der Waals surface area contributed by atoms with Gasteiger partial charge in [-0.2, -0.15) is 0 Å². The van der Waals surface area contributed by atoms with Gasteiger partial charge < -0.3 is 19.9 Å². The molecule has 2 N–H and O–H groups in total. The molecular formula is C22H22N2O4. The van der Waals surface area contributed by atoms with E-state index in [0.717, 1.165) is 11.1 Å². The van der Waals surface area contributed by atoms with Gasteiger partial charge in [0.2, 0.25) is 0 Å². The van der Waals surface area contributed by atoms with Gasteiger partial charge in [0.15, 0.2) is 17.2 Å². The number of nitrogens with zero attached hydrogens (tertiary/aromatic N) is 1. The lowest BCUT2D eigenvalue weighted by molar-refractivity contribution is 0.0933. The second-order valence-corrected chi connectivity index (χ2v) is 6.01. The number of pyridine rings is 1. The summed E-state index contributed by atoms with van der Waals surface area (Å²) < 4.78 is 11.8. The number of benzene rings is 2. The highest BCUT2D eigenvalue weighted by Gasteiger charge is 2.19. The number of carbonyl (C=O) groups excluding carboxylic acids is 1. The van der Waals surface area contributed by atoms with Crippen LogP contribution in [0.25, 0.3) is 0 Å². The van der Waals surface area contributed by atoms with Crippen molar-refractivity contribution >= 4 is 5.91 Å². The zero-order chi connectivity index (χ0) is 19.6. The van der Waals surface area contributed by atoms with Crippen molar-refractivity contribution in [2.75, 3.05) is 13.2 Å². The average Bonchev–Trinajstić information content (AvgIpc) is 2.76. The van der Waals surface area contributed by atoms with Crippen LogP contribution < -0.4 is 14.8 Å². The third-order valence-electron chi connectivity index (χ3n) is 3.94. The van der Waals surface area contributed by atoms with Crippen LogP contribution in [0.4, 0.5) is 0 Å². The normalized spacial score (nSPS) is 10.3. The maximum absolute atomic E-state index is 12.4. The van der Waals surface area contributed by atoms with Crippen LogP contribution >= 0.6 is 0 Å². The summed E-state index contributed by atoms with van der Waals surface area (Å²) in [5.74, 6) is 0.281. The molecular weight excluding hydrogens is 356 g/mol. The first-order valence-electron chi connectivity index (χ1n) is 8.99. The number of nitrogens with one attached hydrogen (secondary N) is 1. The molecule has 0 aliphatic rings. The summed E-state index contributed by atoms with van der Waals surface area (Å²) in [5, 5.41) is 11.6. The largest absolute Gasteiger partial charge is 0.485 e. The van der Waals surface area contributed by atoms with Gasteiger partial charge in [0, 0.05) is 18.8 Å². The average molecular weight is 378 g/mol. The zero-order valence-electron chi connectivity index (χ0n) is 15.4. The Labute approximate surface area is 163 Å². The van der Waals surface area contributed by atoms with Gasteiger partial charge >= 0.3 is 0 Å². The number of aliphatic hydroxyl groups excluding tert-OH is 1. The molecule has 0 fully saturated rings. The highest BCUT2D eigenvalue weighted by atomic mass is 16.5. The van der Waals surface area contributed by atoms with Gasteiger partial charge in [-0.1, -0.05) is 60.7 Å². The van der Waals surface area contributed by atoms with Crippen LogP contribution in [0.15, 0.2) is 72.9 Å². The highest BCUT2D eigenvalue weighted by molar-refractivity contribution is 5.95. The minimum Gasteiger partial charge on any atom is -0.485 e. The van der Waals surface area contributed by atoms with Crippen LogP contribution in [0, 0.1) is 0 Å². The monoisotopic (exact) mass is 378 g/mol. The third kappa shape index (κ3) is 5.31. The summed E-state index contributed by atoms with van der Waals surface area (Å²) in [6.07, 6.45) is 1.50. The second kappa shape index (κ2) is 10.1. The Morgan fingerprint density at radius 3 is 2.11 bits per heavy atom. The van der Waals surface area contributed by atoms with E-state index >= 15 is 0 Å². The fourth-order valence-electron chi connectivity index (χ4n) is 2.56. The standard InChI is InChI=1S/C22H22N2O4/c25-14-13-24-22(26)20-21(28-16-18-9-5-2-6-10-18)19(11-12-23-20)27-15-17-7-3-1-4-8-17/h1-12,25H,13-16H2,(H,24,26). The lowest BCUT2D eigenvalue weighted by atomic mass is 10.2. The highest BCUT2D eigenvalue weighted by Crippen LogP contribution is 2.31. The molecule has 0 aliphatic heterocycles. The molecule has 2 aromatic carbocycles. The molecule has 1 aromatic heterocycles. The van der Waals surface area contributed by atoms with Crippen LogP contribution in [-0.2, 0) is 13.2 Å². The van der Waals surface area contributed by atoms with Crippen LogP contribution in [0.2, 0.25) is 0 Å². The molecule has 0 atom stereocenters. The summed E-state index contributed by atoms with van der Waals surface area (Å²) in [5.41, 5.74) is 2.08. The minimum absolute atomic E-state index is 0.120. The summed E-state index contributed by atoms with van der Waals surface area (Å²) in [6, 6.07) is 21.0. The number of carbonyl (C=O) groups is 1. The Morgan fingerprint density at radius 2 is 1.50 bits per heavy atom. The van der Waals surface area contributed by atoms with Gasteiger partial charge in [0.25, 0.3) is 5.91 Å². The predicted molar refractivity (Wildman–Crippen MR) is 105 cm³/mol. The summed E-state index contributed by atoms with van der Waals surface area (Å²) in [4.78, 5) is 16.6. The number of hydrogen-bond acceptors (Lipinski definition) is 5. The number of ether oxygens (including phenoxy) is 2. The van der Waals surface area contributed by atoms with Gasteiger partial charge in [-0.25, -0.2) is 4.98 Å². The molecule has 1 amide bonds. The van der Waals surface area contributed by atoms with Crippen molar-refractivity contribution in [3.8, 4) is 11.5 Å². The molecule has 0 saturated heterocycles. The summed E-state index contributed by atoms with van der Waals surface area (Å²) >= 11 is 0. The SMILES string of the molecule is O=C(NCCO)c1nccc(OCc2ccccc2)c1OCc1ccccc1. The number of rotatable bonds is 9. The van der Waals surface area contributed by atoms with Gasteiger partial charge in [-0.15, -0.1) is 0 Å². The topological polar surface area (TPSA) is 80.7 Å². The van der Waals surface area contributed by atoms with Crippen LogP contribution in [0.3, 0.4) is 0 Å². The first-order valence-corrected chi connectivity index (χ1v) is 8.99. The van der Waals surface area contributed by atoms with Gasteiger partial charge in [0.05, 0.1) is 6.61 Å². The first kappa shape index (κ1) is 19.4. The maximum atomic E-state index is 12.4. The van der Waals surface area contributed by atoms with Crippen molar-refractivity contribution < 1.29 is 19.4 Å². The van der Waals surface area contributed by atoms with Gasteiger partial charge in [-0.05, 0) is 11.1 Å². The molecule has 144 valence electrons. The van der Waals surface area contributed by atoms with Gasteiger partial charge in [0.1, 0.15) is 13.2 Å². The van der Waals surface area contributed by atoms with Crippen molar-refractivity contribution in [1.29, 1.82) is 0 Å². The van der Waals surface area contributed by atoms with Crippen LogP contribution in [0.1, 0.15) is 21.6 Å². The van der Waals surface area contributed by atoms with Crippen molar-refractivity contribution in [3.05, 3.63) is 89.7 Å². The lowest BCUT2D eigenvalue weighted by Gasteiger charge is -2.16. The molecule has 0 aliphatic carbocycles. The fourth-order valence-corrected chi connectivity index (χ4v) is 2.56. The molecule has 6 nitrogen and oxygen atoms in total. The van der Waals surface area contributed by atoms with Crippen LogP contribution in [0.5, 0.6) is 11.5 Å². The predicted octanol–water partition coefficient (Wildman–Crippen LogP) is 2.96. The van der Waals surface area contributed by atoms with Crippen molar-refractivity contribution in [1.82, 2.24) is 10.3 Å². The Hall–Kier alpha value is -3.38. The number of aliphatic hydroxyl groups is 1.